The molecule has 0 aromatic carbocycles. The van der Waals surface area contributed by atoms with Gasteiger partial charge in [-0.05, 0) is 71.3 Å². The van der Waals surface area contributed by atoms with Crippen LogP contribution in [0.25, 0.3) is 0 Å². The predicted octanol–water partition coefficient (Wildman–Crippen LogP) is 10.8. The Hall–Kier alpha value is -1.62. The Morgan fingerprint density at radius 2 is 0.841 bits per heavy atom. The van der Waals surface area contributed by atoms with Crippen molar-refractivity contribution in [2.75, 3.05) is 33.4 Å². The maximum atomic E-state index is 12.3. The fourth-order valence-corrected chi connectivity index (χ4v) is 6.07. The highest BCUT2D eigenvalue weighted by atomic mass is 16.5. The number of hydrogen-bond donors (Lipinski definition) is 0. The van der Waals surface area contributed by atoms with E-state index in [4.69, 9.17) is 9.47 Å². The maximum Gasteiger partial charge on any atom is 0.305 e. The Labute approximate surface area is 273 Å². The van der Waals surface area contributed by atoms with Crippen LogP contribution in [0.4, 0.5) is 0 Å². The van der Waals surface area contributed by atoms with Crippen LogP contribution in [0.3, 0.4) is 0 Å². The summed E-state index contributed by atoms with van der Waals surface area (Å²) in [6, 6.07) is 0. The summed E-state index contributed by atoms with van der Waals surface area (Å²) in [7, 11) is 2.09. The maximum absolute atomic E-state index is 12.3. The van der Waals surface area contributed by atoms with Gasteiger partial charge in [0.05, 0.1) is 13.2 Å². The third-order valence-electron chi connectivity index (χ3n) is 8.96. The molecule has 1 aliphatic rings. The van der Waals surface area contributed by atoms with E-state index < -0.39 is 0 Å². The van der Waals surface area contributed by atoms with Gasteiger partial charge in [-0.25, -0.2) is 0 Å². The smallest absolute Gasteiger partial charge is 0.305 e. The van der Waals surface area contributed by atoms with Crippen LogP contribution in [-0.2, 0) is 19.1 Å². The van der Waals surface area contributed by atoms with Gasteiger partial charge in [0.25, 0.3) is 0 Å². The highest BCUT2D eigenvalue weighted by Crippen LogP contribution is 2.24. The second kappa shape index (κ2) is 30.1. The van der Waals surface area contributed by atoms with Gasteiger partial charge in [0.15, 0.2) is 0 Å². The van der Waals surface area contributed by atoms with Crippen molar-refractivity contribution in [2.24, 2.45) is 11.8 Å². The average molecular weight is 618 g/mol. The van der Waals surface area contributed by atoms with E-state index in [0.29, 0.717) is 26.1 Å². The molecule has 0 spiro atoms. The first-order valence-corrected chi connectivity index (χ1v) is 18.9. The van der Waals surface area contributed by atoms with E-state index in [-0.39, 0.29) is 23.8 Å². The van der Waals surface area contributed by atoms with E-state index in [0.717, 1.165) is 38.8 Å². The largest absolute Gasteiger partial charge is 0.465 e. The summed E-state index contributed by atoms with van der Waals surface area (Å²) in [5.41, 5.74) is 0. The molecule has 0 aromatic rings. The number of nitrogens with zero attached hydrogens (tertiary/aromatic N) is 1. The summed E-state index contributed by atoms with van der Waals surface area (Å²) in [4.78, 5) is 26.9. The number of unbranched alkanes of at least 4 members (excludes halogenated alkanes) is 18. The number of carbonyl (C=O) groups is 2. The van der Waals surface area contributed by atoms with Crippen molar-refractivity contribution in [3.05, 3.63) is 24.3 Å². The zero-order valence-electron chi connectivity index (χ0n) is 29.3. The first-order valence-electron chi connectivity index (χ1n) is 18.9. The van der Waals surface area contributed by atoms with Gasteiger partial charge in [-0.3, -0.25) is 9.59 Å². The summed E-state index contributed by atoms with van der Waals surface area (Å²) in [5, 5.41) is 0. The Morgan fingerprint density at radius 1 is 0.523 bits per heavy atom. The van der Waals surface area contributed by atoms with Crippen LogP contribution in [0, 0.1) is 11.8 Å². The quantitative estimate of drug-likeness (QED) is 0.0456. The fraction of sp³-hybridized carbons (Fsp3) is 0.846. The molecular formula is C39H71NO4. The van der Waals surface area contributed by atoms with Gasteiger partial charge in [0.1, 0.15) is 0 Å². The second-order valence-electron chi connectivity index (χ2n) is 13.4. The topological polar surface area (TPSA) is 55.8 Å². The number of hydrogen-bond acceptors (Lipinski definition) is 5. The Bertz CT molecular complexity index is 674. The SMILES string of the molecule is CCCCCCC=CCCCCCCCC(=O)OC[C@@H]1CN(C)C[C@H]1COC(=O)CCCCCCCC=CCCCCCC. The Balaban J connectivity index is 2.01. The van der Waals surface area contributed by atoms with E-state index in [1.54, 1.807) is 0 Å². The lowest BCUT2D eigenvalue weighted by atomic mass is 9.98. The Kier molecular flexibility index (Phi) is 27.6. The molecule has 0 saturated carbocycles. The highest BCUT2D eigenvalue weighted by Gasteiger charge is 2.32. The van der Waals surface area contributed by atoms with E-state index in [1.165, 1.54) is 116 Å². The van der Waals surface area contributed by atoms with Crippen molar-refractivity contribution in [3.63, 3.8) is 0 Å². The molecule has 0 amide bonds. The molecule has 1 fully saturated rings. The van der Waals surface area contributed by atoms with Crippen molar-refractivity contribution in [1.29, 1.82) is 0 Å². The summed E-state index contributed by atoms with van der Waals surface area (Å²) in [5.74, 6) is 0.308. The lowest BCUT2D eigenvalue weighted by Gasteiger charge is -2.18. The third-order valence-corrected chi connectivity index (χ3v) is 8.96. The minimum absolute atomic E-state index is 0.0836. The second-order valence-corrected chi connectivity index (χ2v) is 13.4. The number of likely N-dealkylation sites (tertiary alicyclic amines) is 1. The lowest BCUT2D eigenvalue weighted by molar-refractivity contribution is -0.149. The average Bonchev–Trinajstić information content (AvgIpc) is 3.38. The van der Waals surface area contributed by atoms with Crippen LogP contribution in [0.2, 0.25) is 0 Å². The number of ether oxygens (including phenoxy) is 2. The number of allylic oxidation sites excluding steroid dienone is 4. The molecule has 1 aliphatic heterocycles. The van der Waals surface area contributed by atoms with Crippen LogP contribution in [0.15, 0.2) is 24.3 Å². The first kappa shape index (κ1) is 40.4. The molecule has 44 heavy (non-hydrogen) atoms. The van der Waals surface area contributed by atoms with Crippen molar-refractivity contribution >= 4 is 11.9 Å². The molecule has 1 rings (SSSR count). The third kappa shape index (κ3) is 24.7. The molecule has 0 radical (unpaired) electrons. The van der Waals surface area contributed by atoms with E-state index in [9.17, 15) is 9.59 Å². The van der Waals surface area contributed by atoms with E-state index >= 15 is 0 Å². The van der Waals surface area contributed by atoms with E-state index in [1.807, 2.05) is 0 Å². The standard InChI is InChI=1S/C39H71NO4/c1-4-6-8-10-12-14-16-18-20-22-24-26-28-30-38(41)43-34-36-32-40(3)33-37(36)35-44-39(42)31-29-27-25-23-21-19-17-15-13-11-9-7-5-2/h14-17,36-37H,4-13,18-35H2,1-3H3/t36-,37-/m0/s1. The molecule has 5 heteroatoms. The lowest BCUT2D eigenvalue weighted by Crippen LogP contribution is -2.25. The molecule has 5 nitrogen and oxygen atoms in total. The van der Waals surface area contributed by atoms with Crippen molar-refractivity contribution in [3.8, 4) is 0 Å². The van der Waals surface area contributed by atoms with Gasteiger partial charge in [-0.15, -0.1) is 0 Å². The Morgan fingerprint density at radius 3 is 1.20 bits per heavy atom. The minimum atomic E-state index is -0.0836. The van der Waals surface area contributed by atoms with E-state index in [2.05, 4.69) is 50.1 Å². The molecule has 0 aromatic heterocycles. The van der Waals surface area contributed by atoms with Crippen LogP contribution >= 0.6 is 0 Å². The van der Waals surface area contributed by atoms with Gasteiger partial charge in [-0.1, -0.05) is 115 Å². The van der Waals surface area contributed by atoms with Gasteiger partial charge in [0, 0.05) is 37.8 Å². The monoisotopic (exact) mass is 618 g/mol. The molecule has 0 bridgehead atoms. The highest BCUT2D eigenvalue weighted by molar-refractivity contribution is 5.69. The molecule has 1 heterocycles. The van der Waals surface area contributed by atoms with Crippen LogP contribution in [0.5, 0.6) is 0 Å². The summed E-state index contributed by atoms with van der Waals surface area (Å²) < 4.78 is 11.3. The van der Waals surface area contributed by atoms with Crippen molar-refractivity contribution in [1.82, 2.24) is 4.90 Å². The molecule has 0 N–H and O–H groups in total. The van der Waals surface area contributed by atoms with Gasteiger partial charge >= 0.3 is 11.9 Å². The molecule has 2 atom stereocenters. The number of carbonyl (C=O) groups excluding carboxylic acids is 2. The normalized spacial score (nSPS) is 17.2. The first-order chi connectivity index (χ1) is 21.6. The predicted molar refractivity (Wildman–Crippen MR) is 187 cm³/mol. The van der Waals surface area contributed by atoms with Gasteiger partial charge in [0.2, 0.25) is 0 Å². The van der Waals surface area contributed by atoms with Crippen molar-refractivity contribution in [2.45, 2.75) is 168 Å². The summed E-state index contributed by atoms with van der Waals surface area (Å²) in [6.07, 6.45) is 37.2. The zero-order chi connectivity index (χ0) is 31.9. The molecule has 0 aliphatic carbocycles. The van der Waals surface area contributed by atoms with Gasteiger partial charge in [-0.2, -0.15) is 0 Å². The summed E-state index contributed by atoms with van der Waals surface area (Å²) in [6.45, 7) is 7.15. The number of rotatable bonds is 30. The molecule has 1 saturated heterocycles. The minimum Gasteiger partial charge on any atom is -0.465 e. The van der Waals surface area contributed by atoms with Crippen molar-refractivity contribution < 1.29 is 19.1 Å². The van der Waals surface area contributed by atoms with Crippen LogP contribution in [-0.4, -0.2) is 50.2 Å². The van der Waals surface area contributed by atoms with Gasteiger partial charge < -0.3 is 14.4 Å². The molecule has 256 valence electrons. The van der Waals surface area contributed by atoms with Crippen LogP contribution < -0.4 is 0 Å². The fourth-order valence-electron chi connectivity index (χ4n) is 6.07. The summed E-state index contributed by atoms with van der Waals surface area (Å²) >= 11 is 0. The molecular weight excluding hydrogens is 546 g/mol. The number of esters is 2. The molecule has 0 unspecified atom stereocenters. The zero-order valence-corrected chi connectivity index (χ0v) is 29.3. The van der Waals surface area contributed by atoms with Crippen LogP contribution in [0.1, 0.15) is 168 Å².